The van der Waals surface area contributed by atoms with Crippen LogP contribution in [0.15, 0.2) is 28.7 Å². The zero-order valence-corrected chi connectivity index (χ0v) is 9.03. The summed E-state index contributed by atoms with van der Waals surface area (Å²) >= 11 is 0. The van der Waals surface area contributed by atoms with E-state index < -0.39 is 13.0 Å². The number of benzene rings is 1. The molecule has 0 atom stereocenters. The molecule has 1 N–H and O–H groups in total. The highest BCUT2D eigenvalue weighted by atomic mass is 19.3. The zero-order chi connectivity index (χ0) is 12.1. The number of nitrogens with zero attached hydrogens (tertiary/aromatic N) is 1. The van der Waals surface area contributed by atoms with Gasteiger partial charge in [-0.2, -0.15) is 4.98 Å². The molecule has 17 heavy (non-hydrogen) atoms. The third-order valence-electron chi connectivity index (χ3n) is 2.06. The Morgan fingerprint density at radius 2 is 2.18 bits per heavy atom. The number of fused-ring (bicyclic) bond motifs is 1. The van der Waals surface area contributed by atoms with E-state index in [1.807, 2.05) is 18.2 Å². The van der Waals surface area contributed by atoms with Crippen LogP contribution in [-0.4, -0.2) is 31.2 Å². The number of anilines is 1. The predicted octanol–water partition coefficient (Wildman–Crippen LogP) is 2.52. The smallest absolute Gasteiger partial charge is 0.295 e. The van der Waals surface area contributed by atoms with Crippen molar-refractivity contribution in [1.82, 2.24) is 4.98 Å². The van der Waals surface area contributed by atoms with E-state index >= 15 is 0 Å². The van der Waals surface area contributed by atoms with Gasteiger partial charge < -0.3 is 14.5 Å². The van der Waals surface area contributed by atoms with E-state index in [9.17, 15) is 8.78 Å². The van der Waals surface area contributed by atoms with Gasteiger partial charge in [-0.15, -0.1) is 0 Å². The number of alkyl halides is 2. The molecule has 0 fully saturated rings. The lowest BCUT2D eigenvalue weighted by Crippen LogP contribution is -2.13. The maximum Gasteiger partial charge on any atom is 0.295 e. The van der Waals surface area contributed by atoms with Gasteiger partial charge >= 0.3 is 0 Å². The van der Waals surface area contributed by atoms with Crippen molar-refractivity contribution < 1.29 is 17.9 Å². The molecular formula is C11H12F2N2O2. The summed E-state index contributed by atoms with van der Waals surface area (Å²) in [5.74, 6) is 0. The minimum Gasteiger partial charge on any atom is -0.424 e. The molecule has 92 valence electrons. The average molecular weight is 242 g/mol. The van der Waals surface area contributed by atoms with Gasteiger partial charge in [0.1, 0.15) is 12.1 Å². The van der Waals surface area contributed by atoms with E-state index in [4.69, 9.17) is 9.15 Å². The van der Waals surface area contributed by atoms with E-state index in [1.54, 1.807) is 6.07 Å². The van der Waals surface area contributed by atoms with Gasteiger partial charge in [-0.25, -0.2) is 8.78 Å². The third-order valence-corrected chi connectivity index (χ3v) is 2.06. The lowest BCUT2D eigenvalue weighted by atomic mass is 10.3. The van der Waals surface area contributed by atoms with Gasteiger partial charge in [-0.1, -0.05) is 12.1 Å². The molecule has 0 bridgehead atoms. The van der Waals surface area contributed by atoms with E-state index in [0.717, 1.165) is 5.52 Å². The topological polar surface area (TPSA) is 47.3 Å². The van der Waals surface area contributed by atoms with Gasteiger partial charge in [0, 0.05) is 6.54 Å². The molecule has 6 heteroatoms. The number of hydrogen-bond donors (Lipinski definition) is 1. The molecule has 0 aliphatic heterocycles. The van der Waals surface area contributed by atoms with Crippen LogP contribution < -0.4 is 5.32 Å². The van der Waals surface area contributed by atoms with Gasteiger partial charge in [0.15, 0.2) is 5.58 Å². The summed E-state index contributed by atoms with van der Waals surface area (Å²) in [7, 11) is 0. The number of hydrogen-bond acceptors (Lipinski definition) is 4. The highest BCUT2D eigenvalue weighted by Gasteiger charge is 2.04. The number of nitrogens with one attached hydrogen (secondary N) is 1. The second kappa shape index (κ2) is 5.58. The molecule has 4 nitrogen and oxygen atoms in total. The molecule has 0 saturated heterocycles. The lowest BCUT2D eigenvalue weighted by Gasteiger charge is -2.03. The predicted molar refractivity (Wildman–Crippen MR) is 59.3 cm³/mol. The third kappa shape index (κ3) is 3.39. The Labute approximate surface area is 96.6 Å². The molecule has 2 rings (SSSR count). The molecule has 0 aliphatic rings. The molecule has 0 unspecified atom stereocenters. The van der Waals surface area contributed by atoms with Gasteiger partial charge in [0.05, 0.1) is 6.61 Å². The van der Waals surface area contributed by atoms with Crippen LogP contribution in [0.2, 0.25) is 0 Å². The lowest BCUT2D eigenvalue weighted by molar-refractivity contribution is 0.0214. The maximum absolute atomic E-state index is 11.7. The van der Waals surface area contributed by atoms with Crippen molar-refractivity contribution >= 4 is 17.1 Å². The van der Waals surface area contributed by atoms with E-state index in [-0.39, 0.29) is 6.61 Å². The molecule has 0 saturated carbocycles. The van der Waals surface area contributed by atoms with Gasteiger partial charge in [-0.05, 0) is 12.1 Å². The van der Waals surface area contributed by atoms with Crippen molar-refractivity contribution in [3.63, 3.8) is 0 Å². The summed E-state index contributed by atoms with van der Waals surface area (Å²) < 4.78 is 33.6. The molecule has 0 radical (unpaired) electrons. The van der Waals surface area contributed by atoms with E-state index in [1.165, 1.54) is 0 Å². The monoisotopic (exact) mass is 242 g/mol. The highest BCUT2D eigenvalue weighted by Crippen LogP contribution is 2.17. The van der Waals surface area contributed by atoms with Crippen LogP contribution in [0, 0.1) is 0 Å². The maximum atomic E-state index is 11.7. The zero-order valence-electron chi connectivity index (χ0n) is 9.03. The van der Waals surface area contributed by atoms with Crippen molar-refractivity contribution in [2.45, 2.75) is 6.43 Å². The fourth-order valence-electron chi connectivity index (χ4n) is 1.35. The Balaban J connectivity index is 1.79. The van der Waals surface area contributed by atoms with Crippen LogP contribution in [0.3, 0.4) is 0 Å². The van der Waals surface area contributed by atoms with Crippen LogP contribution in [-0.2, 0) is 4.74 Å². The molecule has 1 heterocycles. The first kappa shape index (κ1) is 11.8. The average Bonchev–Trinajstić information content (AvgIpc) is 2.70. The Kier molecular flexibility index (Phi) is 3.87. The molecular weight excluding hydrogens is 230 g/mol. The fourth-order valence-corrected chi connectivity index (χ4v) is 1.35. The van der Waals surface area contributed by atoms with Crippen molar-refractivity contribution in [3.05, 3.63) is 24.3 Å². The molecule has 2 aromatic rings. The van der Waals surface area contributed by atoms with Crippen LogP contribution in [0.5, 0.6) is 0 Å². The molecule has 1 aromatic carbocycles. The first-order valence-corrected chi connectivity index (χ1v) is 5.21. The van der Waals surface area contributed by atoms with Gasteiger partial charge in [0.25, 0.3) is 12.4 Å². The first-order valence-electron chi connectivity index (χ1n) is 5.21. The molecule has 1 aromatic heterocycles. The quantitative estimate of drug-likeness (QED) is 0.791. The first-order chi connectivity index (χ1) is 8.25. The summed E-state index contributed by atoms with van der Waals surface area (Å²) in [6.07, 6.45) is -2.43. The van der Waals surface area contributed by atoms with E-state index in [0.29, 0.717) is 18.1 Å². The summed E-state index contributed by atoms with van der Waals surface area (Å²) in [6.45, 7) is 0.0118. The summed E-state index contributed by atoms with van der Waals surface area (Å²) in [5, 5.41) is 2.86. The van der Waals surface area contributed by atoms with Crippen molar-refractivity contribution in [3.8, 4) is 0 Å². The van der Waals surface area contributed by atoms with Crippen LogP contribution in [0.25, 0.3) is 11.1 Å². The van der Waals surface area contributed by atoms with Crippen LogP contribution in [0.4, 0.5) is 14.8 Å². The second-order valence-corrected chi connectivity index (χ2v) is 3.38. The summed E-state index contributed by atoms with van der Waals surface area (Å²) in [4.78, 5) is 4.16. The molecule has 0 spiro atoms. The Hall–Kier alpha value is -1.69. The Bertz CT molecular complexity index is 440. The second-order valence-electron chi connectivity index (χ2n) is 3.38. The minimum absolute atomic E-state index is 0.184. The van der Waals surface area contributed by atoms with Crippen molar-refractivity contribution in [2.24, 2.45) is 0 Å². The molecule has 0 aliphatic carbocycles. The molecule has 0 amide bonds. The van der Waals surface area contributed by atoms with E-state index in [2.05, 4.69) is 10.3 Å². The number of oxazole rings is 1. The highest BCUT2D eigenvalue weighted by molar-refractivity contribution is 5.74. The minimum atomic E-state index is -2.43. The Morgan fingerprint density at radius 1 is 1.35 bits per heavy atom. The Morgan fingerprint density at radius 3 is 2.94 bits per heavy atom. The van der Waals surface area contributed by atoms with Crippen LogP contribution >= 0.6 is 0 Å². The number of halogens is 2. The number of rotatable bonds is 6. The van der Waals surface area contributed by atoms with Gasteiger partial charge in [0.2, 0.25) is 0 Å². The SMILES string of the molecule is FC(F)COCCNc1nc2ccccc2o1. The van der Waals surface area contributed by atoms with Gasteiger partial charge in [-0.3, -0.25) is 0 Å². The van der Waals surface area contributed by atoms with Crippen molar-refractivity contribution in [2.75, 3.05) is 25.1 Å². The number of para-hydroxylation sites is 2. The fraction of sp³-hybridized carbons (Fsp3) is 0.364. The normalized spacial score (nSPS) is 11.2. The van der Waals surface area contributed by atoms with Crippen molar-refractivity contribution in [1.29, 1.82) is 0 Å². The van der Waals surface area contributed by atoms with Crippen LogP contribution in [0.1, 0.15) is 0 Å². The summed E-state index contributed by atoms with van der Waals surface area (Å²) in [5.41, 5.74) is 1.44. The number of ether oxygens (including phenoxy) is 1. The summed E-state index contributed by atoms with van der Waals surface area (Å²) in [6, 6.07) is 7.72. The standard InChI is InChI=1S/C11H12F2N2O2/c12-10(13)7-16-6-5-14-11-15-8-3-1-2-4-9(8)17-11/h1-4,10H,5-7H2,(H,14,15). The number of aromatic nitrogens is 1. The largest absolute Gasteiger partial charge is 0.424 e.